The Morgan fingerprint density at radius 1 is 1.33 bits per heavy atom. The van der Waals surface area contributed by atoms with Crippen LogP contribution in [0.15, 0.2) is 43.0 Å². The molecule has 0 saturated carbocycles. The SMILES string of the molecule is C=CCOC(=O)[C@@H]([C@@H](C)[Sn]([CH3])([CH3])[CH3])[C@@H](O)c1ccccc1. The molecule has 1 aromatic rings. The molecule has 0 amide bonds. The summed E-state index contributed by atoms with van der Waals surface area (Å²) in [7, 11) is 0. The van der Waals surface area contributed by atoms with Crippen molar-refractivity contribution in [2.75, 3.05) is 6.61 Å². The van der Waals surface area contributed by atoms with E-state index in [2.05, 4.69) is 28.3 Å². The van der Waals surface area contributed by atoms with E-state index in [0.29, 0.717) is 0 Å². The van der Waals surface area contributed by atoms with Crippen LogP contribution in [0.3, 0.4) is 0 Å². The molecule has 1 rings (SSSR count). The molecule has 116 valence electrons. The van der Waals surface area contributed by atoms with Crippen LogP contribution < -0.4 is 0 Å². The van der Waals surface area contributed by atoms with E-state index in [1.807, 2.05) is 30.3 Å². The maximum absolute atomic E-state index is 12.4. The Morgan fingerprint density at radius 3 is 2.38 bits per heavy atom. The third-order valence-electron chi connectivity index (χ3n) is 4.00. The predicted molar refractivity (Wildman–Crippen MR) is 88.8 cm³/mol. The fraction of sp³-hybridized carbons (Fsp3) is 0.471. The fourth-order valence-electron chi connectivity index (χ4n) is 2.24. The van der Waals surface area contributed by atoms with Gasteiger partial charge in [-0.25, -0.2) is 0 Å². The van der Waals surface area contributed by atoms with E-state index < -0.39 is 30.4 Å². The van der Waals surface area contributed by atoms with E-state index in [0.717, 1.165) is 5.56 Å². The molecular weight excluding hydrogens is 371 g/mol. The zero-order valence-corrected chi connectivity index (χ0v) is 16.2. The number of hydrogen-bond donors (Lipinski definition) is 1. The number of aliphatic hydroxyl groups is 1. The van der Waals surface area contributed by atoms with Gasteiger partial charge in [0.25, 0.3) is 0 Å². The van der Waals surface area contributed by atoms with Crippen LogP contribution in [0.25, 0.3) is 0 Å². The van der Waals surface area contributed by atoms with Crippen molar-refractivity contribution in [3.8, 4) is 0 Å². The van der Waals surface area contributed by atoms with Crippen molar-refractivity contribution in [2.45, 2.75) is 31.8 Å². The van der Waals surface area contributed by atoms with Crippen LogP contribution in [-0.4, -0.2) is 36.1 Å². The predicted octanol–water partition coefficient (Wildman–Crippen LogP) is 3.79. The quantitative estimate of drug-likeness (QED) is 0.433. The van der Waals surface area contributed by atoms with Crippen LogP contribution >= 0.6 is 0 Å². The van der Waals surface area contributed by atoms with Crippen molar-refractivity contribution in [1.82, 2.24) is 0 Å². The summed E-state index contributed by atoms with van der Waals surface area (Å²) in [6.07, 6.45) is 0.726. The number of ether oxygens (including phenoxy) is 1. The summed E-state index contributed by atoms with van der Waals surface area (Å²) >= 11 is -2.37. The molecule has 3 nitrogen and oxygen atoms in total. The summed E-state index contributed by atoms with van der Waals surface area (Å²) in [4.78, 5) is 19.2. The first-order valence-electron chi connectivity index (χ1n) is 7.29. The van der Waals surface area contributed by atoms with Crippen molar-refractivity contribution in [2.24, 2.45) is 5.92 Å². The minimum atomic E-state index is -2.37. The van der Waals surface area contributed by atoms with Crippen LogP contribution in [0.2, 0.25) is 18.8 Å². The van der Waals surface area contributed by atoms with E-state index >= 15 is 0 Å². The van der Waals surface area contributed by atoms with Gasteiger partial charge in [0.15, 0.2) is 0 Å². The fourth-order valence-corrected chi connectivity index (χ4v) is 6.22. The number of aliphatic hydroxyl groups excluding tert-OH is 1. The summed E-state index contributed by atoms with van der Waals surface area (Å²) in [5.74, 6) is -0.839. The van der Waals surface area contributed by atoms with Gasteiger partial charge in [0.05, 0.1) is 0 Å². The molecule has 0 aliphatic heterocycles. The van der Waals surface area contributed by atoms with Gasteiger partial charge in [0, 0.05) is 0 Å². The molecule has 0 unspecified atom stereocenters. The average Bonchev–Trinajstić information content (AvgIpc) is 2.45. The van der Waals surface area contributed by atoms with E-state index in [9.17, 15) is 9.90 Å². The summed E-state index contributed by atoms with van der Waals surface area (Å²) in [6.45, 7) is 5.82. The Kier molecular flexibility index (Phi) is 6.94. The first-order chi connectivity index (χ1) is 9.79. The standard InChI is InChI=1S/C14H17O3.3CH3.Sn/c1-3-10-17-14(16)12(4-2)13(15)11-8-6-5-7-9-11;;;;/h3-9,12-13,15H,1,10H2,2H3;3*1H3;/t12-,13-;;;;/m0..../s1. The second-order valence-corrected chi connectivity index (χ2v) is 22.6. The molecule has 0 saturated heterocycles. The number of benzene rings is 1. The minimum absolute atomic E-state index is 0.173. The summed E-state index contributed by atoms with van der Waals surface area (Å²) in [5.41, 5.74) is 0.764. The normalized spacial score (nSPS) is 15.9. The van der Waals surface area contributed by atoms with Gasteiger partial charge in [0.2, 0.25) is 0 Å². The molecule has 21 heavy (non-hydrogen) atoms. The van der Waals surface area contributed by atoms with E-state index in [4.69, 9.17) is 4.74 Å². The monoisotopic (exact) mass is 398 g/mol. The Hall–Kier alpha value is -0.811. The van der Waals surface area contributed by atoms with Gasteiger partial charge in [-0.05, 0) is 0 Å². The molecule has 0 aliphatic rings. The molecule has 0 radical (unpaired) electrons. The Bertz CT molecular complexity index is 465. The first kappa shape index (κ1) is 18.2. The van der Waals surface area contributed by atoms with Crippen molar-refractivity contribution in [1.29, 1.82) is 0 Å². The van der Waals surface area contributed by atoms with Crippen LogP contribution in [0, 0.1) is 5.92 Å². The maximum atomic E-state index is 12.4. The summed E-state index contributed by atoms with van der Waals surface area (Å²) < 4.78 is 5.40. The molecular formula is C17H26O3Sn. The zero-order valence-electron chi connectivity index (χ0n) is 13.4. The van der Waals surface area contributed by atoms with Gasteiger partial charge in [-0.15, -0.1) is 0 Å². The molecule has 1 N–H and O–H groups in total. The van der Waals surface area contributed by atoms with Crippen LogP contribution in [0.1, 0.15) is 18.6 Å². The van der Waals surface area contributed by atoms with Crippen molar-refractivity contribution >= 4 is 24.3 Å². The molecule has 0 aliphatic carbocycles. The Labute approximate surface area is 131 Å². The van der Waals surface area contributed by atoms with E-state index in [1.54, 1.807) is 6.08 Å². The molecule has 0 aromatic heterocycles. The Balaban J connectivity index is 3.06. The van der Waals surface area contributed by atoms with Gasteiger partial charge < -0.3 is 0 Å². The van der Waals surface area contributed by atoms with Gasteiger partial charge in [0.1, 0.15) is 0 Å². The zero-order chi connectivity index (χ0) is 16.0. The van der Waals surface area contributed by atoms with Crippen LogP contribution in [0.5, 0.6) is 0 Å². The second-order valence-electron chi connectivity index (χ2n) is 6.45. The second kappa shape index (κ2) is 7.99. The molecule has 0 bridgehead atoms. The Morgan fingerprint density at radius 2 is 1.90 bits per heavy atom. The van der Waals surface area contributed by atoms with Crippen molar-refractivity contribution < 1.29 is 14.6 Å². The van der Waals surface area contributed by atoms with E-state index in [-0.39, 0.29) is 16.5 Å². The molecule has 0 heterocycles. The first-order valence-corrected chi connectivity index (χ1v) is 17.5. The van der Waals surface area contributed by atoms with Gasteiger partial charge in [-0.1, -0.05) is 0 Å². The van der Waals surface area contributed by atoms with Crippen molar-refractivity contribution in [3.05, 3.63) is 48.6 Å². The molecule has 1 aromatic carbocycles. The molecule has 3 atom stereocenters. The summed E-state index contributed by atoms with van der Waals surface area (Å²) in [6, 6.07) is 9.34. The number of esters is 1. The number of carbonyl (C=O) groups is 1. The third kappa shape index (κ3) is 5.15. The number of rotatable bonds is 7. The van der Waals surface area contributed by atoms with Gasteiger partial charge in [-0.2, -0.15) is 0 Å². The van der Waals surface area contributed by atoms with Gasteiger partial charge in [-0.3, -0.25) is 0 Å². The topological polar surface area (TPSA) is 46.5 Å². The molecule has 4 heteroatoms. The van der Waals surface area contributed by atoms with E-state index in [1.165, 1.54) is 0 Å². The summed E-state index contributed by atoms with van der Waals surface area (Å²) in [5, 5.41) is 10.7. The molecule has 0 spiro atoms. The van der Waals surface area contributed by atoms with Gasteiger partial charge >= 0.3 is 132 Å². The third-order valence-corrected chi connectivity index (χ3v) is 12.8. The van der Waals surface area contributed by atoms with Crippen LogP contribution in [0.4, 0.5) is 0 Å². The van der Waals surface area contributed by atoms with Crippen molar-refractivity contribution in [3.63, 3.8) is 0 Å². The number of carbonyl (C=O) groups excluding carboxylic acids is 1. The average molecular weight is 397 g/mol. The van der Waals surface area contributed by atoms with Crippen LogP contribution in [-0.2, 0) is 9.53 Å². The number of hydrogen-bond acceptors (Lipinski definition) is 3. The molecule has 0 fully saturated rings.